The molecule has 8 heteroatoms. The summed E-state index contributed by atoms with van der Waals surface area (Å²) in [6.07, 6.45) is 2.24. The maximum absolute atomic E-state index is 12.6. The van der Waals surface area contributed by atoms with Crippen molar-refractivity contribution in [3.05, 3.63) is 41.5 Å². The summed E-state index contributed by atoms with van der Waals surface area (Å²) in [6.45, 7) is 2.09. The molecule has 2 aromatic rings. The SMILES string of the molecule is Cc1[nH]nc(CN)c1S(=O)(=O)N(C)CCc1ccccn1. The fourth-order valence-electron chi connectivity index (χ4n) is 2.04. The molecule has 0 spiro atoms. The van der Waals surface area contributed by atoms with E-state index >= 15 is 0 Å². The quantitative estimate of drug-likeness (QED) is 0.805. The second-order valence-corrected chi connectivity index (χ2v) is 6.71. The lowest BCUT2D eigenvalue weighted by Crippen LogP contribution is -2.30. The molecule has 0 aliphatic heterocycles. The van der Waals surface area contributed by atoms with Gasteiger partial charge in [-0.2, -0.15) is 5.10 Å². The van der Waals surface area contributed by atoms with Crippen LogP contribution in [0.2, 0.25) is 0 Å². The first-order chi connectivity index (χ1) is 9.96. The van der Waals surface area contributed by atoms with Crippen molar-refractivity contribution in [2.24, 2.45) is 5.73 Å². The monoisotopic (exact) mass is 309 g/mol. The number of rotatable bonds is 6. The standard InChI is InChI=1S/C13H19N5O2S/c1-10-13(12(9-14)17-16-10)21(19,20)18(2)8-6-11-5-3-4-7-15-11/h3-5,7H,6,8-9,14H2,1-2H3,(H,16,17). The fourth-order valence-corrected chi connectivity index (χ4v) is 3.55. The second-order valence-electron chi connectivity index (χ2n) is 4.73. The number of nitrogens with one attached hydrogen (secondary N) is 1. The van der Waals surface area contributed by atoms with Crippen molar-refractivity contribution in [2.75, 3.05) is 13.6 Å². The summed E-state index contributed by atoms with van der Waals surface area (Å²) in [4.78, 5) is 4.36. The van der Waals surface area contributed by atoms with Crippen LogP contribution in [0.1, 0.15) is 17.1 Å². The number of nitrogens with two attached hydrogens (primary N) is 1. The predicted octanol–water partition coefficient (Wildman–Crippen LogP) is 0.435. The number of likely N-dealkylation sites (N-methyl/N-ethyl adjacent to an activating group) is 1. The molecule has 2 heterocycles. The van der Waals surface area contributed by atoms with Gasteiger partial charge in [-0.1, -0.05) is 6.07 Å². The third kappa shape index (κ3) is 3.29. The van der Waals surface area contributed by atoms with Gasteiger partial charge in [0.25, 0.3) is 0 Å². The van der Waals surface area contributed by atoms with E-state index in [0.29, 0.717) is 24.4 Å². The Bertz CT molecular complexity index is 697. The Labute approximate surface area is 124 Å². The molecule has 0 saturated heterocycles. The average molecular weight is 309 g/mol. The Kier molecular flexibility index (Phi) is 4.71. The Morgan fingerprint density at radius 3 is 2.76 bits per heavy atom. The summed E-state index contributed by atoms with van der Waals surface area (Å²) in [6, 6.07) is 5.57. The van der Waals surface area contributed by atoms with Gasteiger partial charge in [-0.15, -0.1) is 0 Å². The van der Waals surface area contributed by atoms with E-state index < -0.39 is 10.0 Å². The molecular weight excluding hydrogens is 290 g/mol. The maximum atomic E-state index is 12.6. The zero-order valence-electron chi connectivity index (χ0n) is 12.1. The molecule has 0 unspecified atom stereocenters. The molecule has 21 heavy (non-hydrogen) atoms. The molecule has 0 aliphatic rings. The predicted molar refractivity (Wildman–Crippen MR) is 79.0 cm³/mol. The fraction of sp³-hybridized carbons (Fsp3) is 0.385. The minimum absolute atomic E-state index is 0.0764. The first-order valence-electron chi connectivity index (χ1n) is 6.57. The first kappa shape index (κ1) is 15.6. The summed E-state index contributed by atoms with van der Waals surface area (Å²) in [5, 5.41) is 6.61. The number of aromatic amines is 1. The summed E-state index contributed by atoms with van der Waals surface area (Å²) < 4.78 is 26.5. The van der Waals surface area contributed by atoms with Crippen molar-refractivity contribution < 1.29 is 8.42 Å². The summed E-state index contributed by atoms with van der Waals surface area (Å²) in [5.74, 6) is 0. The van der Waals surface area contributed by atoms with Crippen LogP contribution in [0.25, 0.3) is 0 Å². The van der Waals surface area contributed by atoms with E-state index in [4.69, 9.17) is 5.73 Å². The lowest BCUT2D eigenvalue weighted by molar-refractivity contribution is 0.470. The van der Waals surface area contributed by atoms with Gasteiger partial charge in [0.15, 0.2) is 0 Å². The van der Waals surface area contributed by atoms with E-state index in [1.165, 1.54) is 4.31 Å². The minimum atomic E-state index is -3.61. The highest BCUT2D eigenvalue weighted by Gasteiger charge is 2.27. The number of pyridine rings is 1. The zero-order valence-corrected chi connectivity index (χ0v) is 12.9. The highest BCUT2D eigenvalue weighted by molar-refractivity contribution is 7.89. The lowest BCUT2D eigenvalue weighted by atomic mass is 10.3. The lowest BCUT2D eigenvalue weighted by Gasteiger charge is -2.17. The van der Waals surface area contributed by atoms with Crippen molar-refractivity contribution in [3.63, 3.8) is 0 Å². The molecule has 0 aromatic carbocycles. The molecule has 114 valence electrons. The van der Waals surface area contributed by atoms with E-state index in [1.807, 2.05) is 18.2 Å². The molecule has 0 fully saturated rings. The molecule has 7 nitrogen and oxygen atoms in total. The zero-order chi connectivity index (χ0) is 15.5. The van der Waals surface area contributed by atoms with E-state index in [0.717, 1.165) is 5.69 Å². The van der Waals surface area contributed by atoms with Gasteiger partial charge >= 0.3 is 0 Å². The van der Waals surface area contributed by atoms with Crippen LogP contribution in [0.15, 0.2) is 29.3 Å². The van der Waals surface area contributed by atoms with Crippen LogP contribution in [0.3, 0.4) is 0 Å². The van der Waals surface area contributed by atoms with Crippen LogP contribution >= 0.6 is 0 Å². The van der Waals surface area contributed by atoms with Gasteiger partial charge in [-0.3, -0.25) is 10.1 Å². The Morgan fingerprint density at radius 1 is 1.38 bits per heavy atom. The summed E-state index contributed by atoms with van der Waals surface area (Å²) >= 11 is 0. The van der Waals surface area contributed by atoms with E-state index in [-0.39, 0.29) is 11.4 Å². The largest absolute Gasteiger partial charge is 0.325 e. The smallest absolute Gasteiger partial charge is 0.246 e. The highest BCUT2D eigenvalue weighted by atomic mass is 32.2. The van der Waals surface area contributed by atoms with Gasteiger partial charge < -0.3 is 5.73 Å². The number of nitrogens with zero attached hydrogens (tertiary/aromatic N) is 3. The van der Waals surface area contributed by atoms with Gasteiger partial charge in [0.2, 0.25) is 10.0 Å². The third-order valence-electron chi connectivity index (χ3n) is 3.23. The normalized spacial score (nSPS) is 12.0. The van der Waals surface area contributed by atoms with Gasteiger partial charge in [0.1, 0.15) is 4.90 Å². The van der Waals surface area contributed by atoms with Crippen LogP contribution in [-0.4, -0.2) is 41.5 Å². The molecule has 0 amide bonds. The summed E-state index contributed by atoms with van der Waals surface area (Å²) in [7, 11) is -2.06. The Hall–Kier alpha value is -1.77. The number of sulfonamides is 1. The van der Waals surface area contributed by atoms with E-state index in [2.05, 4.69) is 15.2 Å². The molecule has 0 aliphatic carbocycles. The van der Waals surface area contributed by atoms with Crippen molar-refractivity contribution >= 4 is 10.0 Å². The van der Waals surface area contributed by atoms with Crippen LogP contribution in [-0.2, 0) is 23.0 Å². The number of hydrogen-bond donors (Lipinski definition) is 2. The molecule has 2 aromatic heterocycles. The van der Waals surface area contributed by atoms with E-state index in [1.54, 1.807) is 20.2 Å². The van der Waals surface area contributed by atoms with Gasteiger partial charge in [-0.25, -0.2) is 12.7 Å². The van der Waals surface area contributed by atoms with Crippen molar-refractivity contribution in [2.45, 2.75) is 24.8 Å². The van der Waals surface area contributed by atoms with Crippen molar-refractivity contribution in [1.82, 2.24) is 19.5 Å². The second kappa shape index (κ2) is 6.33. The Balaban J connectivity index is 2.17. The van der Waals surface area contributed by atoms with Crippen molar-refractivity contribution in [3.8, 4) is 0 Å². The van der Waals surface area contributed by atoms with Crippen LogP contribution in [0, 0.1) is 6.92 Å². The van der Waals surface area contributed by atoms with Crippen molar-refractivity contribution in [1.29, 1.82) is 0 Å². The minimum Gasteiger partial charge on any atom is -0.325 e. The molecule has 0 radical (unpaired) electrons. The average Bonchev–Trinajstić information content (AvgIpc) is 2.87. The molecule has 2 rings (SSSR count). The topological polar surface area (TPSA) is 105 Å². The Morgan fingerprint density at radius 2 is 2.14 bits per heavy atom. The molecule has 0 saturated carbocycles. The highest BCUT2D eigenvalue weighted by Crippen LogP contribution is 2.21. The van der Waals surface area contributed by atoms with E-state index in [9.17, 15) is 8.42 Å². The number of aryl methyl sites for hydroxylation is 1. The van der Waals surface area contributed by atoms with Gasteiger partial charge in [0, 0.05) is 38.4 Å². The third-order valence-corrected chi connectivity index (χ3v) is 5.29. The number of aromatic nitrogens is 3. The molecule has 0 bridgehead atoms. The number of hydrogen-bond acceptors (Lipinski definition) is 5. The summed E-state index contributed by atoms with van der Waals surface area (Å²) in [5.41, 5.74) is 7.26. The molecule has 0 atom stereocenters. The van der Waals surface area contributed by atoms with Gasteiger partial charge in [0.05, 0.1) is 11.4 Å². The maximum Gasteiger partial charge on any atom is 0.246 e. The van der Waals surface area contributed by atoms with Gasteiger partial charge in [-0.05, 0) is 19.1 Å². The number of H-pyrrole nitrogens is 1. The molecule has 3 N–H and O–H groups in total. The molecular formula is C13H19N5O2S. The van der Waals surface area contributed by atoms with Crippen LogP contribution < -0.4 is 5.73 Å². The first-order valence-corrected chi connectivity index (χ1v) is 8.01. The van der Waals surface area contributed by atoms with Crippen LogP contribution in [0.5, 0.6) is 0 Å². The van der Waals surface area contributed by atoms with Crippen LogP contribution in [0.4, 0.5) is 0 Å².